The van der Waals surface area contributed by atoms with Crippen LogP contribution in [0.3, 0.4) is 0 Å². The minimum absolute atomic E-state index is 1.10. The number of hydrogen-bond acceptors (Lipinski definition) is 2. The second-order valence-corrected chi connectivity index (χ2v) is 7.50. The predicted molar refractivity (Wildman–Crippen MR) is 110 cm³/mol. The summed E-state index contributed by atoms with van der Waals surface area (Å²) in [5.41, 5.74) is 1.10. The number of hydrogen-bond donors (Lipinski definition) is 0. The molecule has 2 aromatic heterocycles. The fraction of sp³-hybridized carbons (Fsp3) is 0. The molecule has 0 aliphatic rings. The highest BCUT2D eigenvalue weighted by Gasteiger charge is 2.13. The first-order chi connectivity index (χ1) is 12.4. The third-order valence-corrected chi connectivity index (χ3v) is 6.26. The average Bonchev–Trinajstić information content (AvgIpc) is 3.07. The van der Waals surface area contributed by atoms with Gasteiger partial charge in [0.25, 0.3) is 0 Å². The molecule has 0 fully saturated rings. The van der Waals surface area contributed by atoms with Crippen LogP contribution in [0.4, 0.5) is 0 Å². The van der Waals surface area contributed by atoms with E-state index in [-0.39, 0.29) is 0 Å². The van der Waals surface area contributed by atoms with Crippen molar-refractivity contribution >= 4 is 64.0 Å². The summed E-state index contributed by atoms with van der Waals surface area (Å²) in [6.45, 7) is 0. The first-order valence-corrected chi connectivity index (χ1v) is 9.22. The SMILES string of the molecule is c1ccc2c(c1)ccc1c2ncc2sc3c4ccccc4ccc3c21. The molecule has 6 rings (SSSR count). The lowest BCUT2D eigenvalue weighted by Crippen LogP contribution is -1.82. The standard InChI is InChI=1S/C23H13NS/c1-3-7-16-14(5-1)9-11-18-21-19-12-10-15-6-2-4-8-17(15)23(19)25-20(21)13-24-22(16)18/h1-13H. The molecule has 0 amide bonds. The molecule has 6 aromatic rings. The molecule has 0 bridgehead atoms. The lowest BCUT2D eigenvalue weighted by molar-refractivity contribution is 1.47. The Morgan fingerprint density at radius 2 is 1.28 bits per heavy atom. The molecule has 0 N–H and O–H groups in total. The molecular formula is C23H13NS. The molecule has 2 heteroatoms. The van der Waals surface area contributed by atoms with Crippen LogP contribution in [0.1, 0.15) is 0 Å². The largest absolute Gasteiger partial charge is 0.254 e. The van der Waals surface area contributed by atoms with Crippen molar-refractivity contribution in [3.8, 4) is 0 Å². The minimum atomic E-state index is 1.10. The van der Waals surface area contributed by atoms with Gasteiger partial charge in [-0.15, -0.1) is 11.3 Å². The van der Waals surface area contributed by atoms with Gasteiger partial charge in [-0.3, -0.25) is 4.98 Å². The predicted octanol–water partition coefficient (Wildman–Crippen LogP) is 6.91. The highest BCUT2D eigenvalue weighted by Crippen LogP contribution is 2.41. The molecule has 0 aliphatic carbocycles. The summed E-state index contributed by atoms with van der Waals surface area (Å²) in [7, 11) is 0. The van der Waals surface area contributed by atoms with E-state index in [1.54, 1.807) is 0 Å². The highest BCUT2D eigenvalue weighted by molar-refractivity contribution is 7.26. The molecule has 0 saturated heterocycles. The van der Waals surface area contributed by atoms with Gasteiger partial charge in [-0.1, -0.05) is 72.8 Å². The Bertz CT molecular complexity index is 1400. The Kier molecular flexibility index (Phi) is 2.55. The van der Waals surface area contributed by atoms with E-state index in [2.05, 4.69) is 72.8 Å². The van der Waals surface area contributed by atoms with Crippen LogP contribution in [0.2, 0.25) is 0 Å². The van der Waals surface area contributed by atoms with Gasteiger partial charge in [-0.2, -0.15) is 0 Å². The number of rotatable bonds is 0. The molecule has 0 aliphatic heterocycles. The molecule has 0 spiro atoms. The van der Waals surface area contributed by atoms with E-state index >= 15 is 0 Å². The van der Waals surface area contributed by atoms with Crippen LogP contribution in [-0.2, 0) is 0 Å². The van der Waals surface area contributed by atoms with Gasteiger partial charge < -0.3 is 0 Å². The van der Waals surface area contributed by atoms with Crippen LogP contribution >= 0.6 is 11.3 Å². The Balaban J connectivity index is 1.89. The Labute approximate surface area is 148 Å². The van der Waals surface area contributed by atoms with Gasteiger partial charge >= 0.3 is 0 Å². The quantitative estimate of drug-likeness (QED) is 0.275. The molecule has 1 nitrogen and oxygen atoms in total. The summed E-state index contributed by atoms with van der Waals surface area (Å²) >= 11 is 1.85. The Morgan fingerprint density at radius 3 is 2.12 bits per heavy atom. The molecule has 0 saturated carbocycles. The van der Waals surface area contributed by atoms with Crippen molar-refractivity contribution in [2.75, 3.05) is 0 Å². The molecule has 116 valence electrons. The average molecular weight is 335 g/mol. The maximum absolute atomic E-state index is 4.82. The van der Waals surface area contributed by atoms with Crippen molar-refractivity contribution in [1.82, 2.24) is 4.98 Å². The summed E-state index contributed by atoms with van der Waals surface area (Å²) in [6, 6.07) is 26.1. The van der Waals surface area contributed by atoms with Gasteiger partial charge in [0.05, 0.1) is 10.2 Å². The summed E-state index contributed by atoms with van der Waals surface area (Å²) in [4.78, 5) is 4.82. The summed E-state index contributed by atoms with van der Waals surface area (Å²) < 4.78 is 2.62. The van der Waals surface area contributed by atoms with E-state index in [0.29, 0.717) is 0 Å². The lowest BCUT2D eigenvalue weighted by atomic mass is 10.0. The first kappa shape index (κ1) is 13.3. The van der Waals surface area contributed by atoms with Gasteiger partial charge in [0.2, 0.25) is 0 Å². The van der Waals surface area contributed by atoms with Crippen molar-refractivity contribution < 1.29 is 0 Å². The molecule has 0 radical (unpaired) electrons. The summed E-state index contributed by atoms with van der Waals surface area (Å²) in [5.74, 6) is 0. The monoisotopic (exact) mass is 335 g/mol. The fourth-order valence-electron chi connectivity index (χ4n) is 3.93. The molecule has 0 unspecified atom stereocenters. The number of benzene rings is 4. The van der Waals surface area contributed by atoms with Crippen LogP contribution in [0.25, 0.3) is 52.6 Å². The van der Waals surface area contributed by atoms with Crippen molar-refractivity contribution in [2.45, 2.75) is 0 Å². The van der Waals surface area contributed by atoms with Gasteiger partial charge in [0.15, 0.2) is 0 Å². The van der Waals surface area contributed by atoms with Crippen molar-refractivity contribution in [2.24, 2.45) is 0 Å². The maximum atomic E-state index is 4.82. The zero-order valence-corrected chi connectivity index (χ0v) is 14.2. The van der Waals surface area contributed by atoms with Gasteiger partial charge in [-0.25, -0.2) is 0 Å². The topological polar surface area (TPSA) is 12.9 Å². The molecular weight excluding hydrogens is 322 g/mol. The van der Waals surface area contributed by atoms with E-state index in [4.69, 9.17) is 4.98 Å². The second kappa shape index (κ2) is 4.78. The van der Waals surface area contributed by atoms with Gasteiger partial charge in [-0.05, 0) is 16.2 Å². The number of pyridine rings is 1. The first-order valence-electron chi connectivity index (χ1n) is 8.40. The van der Waals surface area contributed by atoms with E-state index in [1.165, 1.54) is 47.1 Å². The van der Waals surface area contributed by atoms with E-state index in [9.17, 15) is 0 Å². The lowest BCUT2D eigenvalue weighted by Gasteiger charge is -2.05. The fourth-order valence-corrected chi connectivity index (χ4v) is 5.15. The van der Waals surface area contributed by atoms with Crippen LogP contribution in [0, 0.1) is 0 Å². The number of aromatic nitrogens is 1. The highest BCUT2D eigenvalue weighted by atomic mass is 32.1. The van der Waals surface area contributed by atoms with Gasteiger partial charge in [0, 0.05) is 32.4 Å². The van der Waals surface area contributed by atoms with Crippen molar-refractivity contribution in [1.29, 1.82) is 0 Å². The maximum Gasteiger partial charge on any atom is 0.0787 e. The molecule has 4 aromatic carbocycles. The normalized spacial score (nSPS) is 12.0. The zero-order valence-electron chi connectivity index (χ0n) is 13.4. The van der Waals surface area contributed by atoms with E-state index < -0.39 is 0 Å². The van der Waals surface area contributed by atoms with Crippen LogP contribution in [-0.4, -0.2) is 4.98 Å². The van der Waals surface area contributed by atoms with Gasteiger partial charge in [0.1, 0.15) is 0 Å². The molecule has 0 atom stereocenters. The van der Waals surface area contributed by atoms with E-state index in [1.807, 2.05) is 17.5 Å². The van der Waals surface area contributed by atoms with Crippen LogP contribution in [0.15, 0.2) is 79.0 Å². The minimum Gasteiger partial charge on any atom is -0.254 e. The number of nitrogens with zero attached hydrogens (tertiary/aromatic N) is 1. The number of fused-ring (bicyclic) bond motifs is 9. The second-order valence-electron chi connectivity index (χ2n) is 6.45. The third-order valence-electron chi connectivity index (χ3n) is 5.09. The molecule has 25 heavy (non-hydrogen) atoms. The smallest absolute Gasteiger partial charge is 0.0787 e. The van der Waals surface area contributed by atoms with Crippen LogP contribution < -0.4 is 0 Å². The van der Waals surface area contributed by atoms with Crippen molar-refractivity contribution in [3.63, 3.8) is 0 Å². The number of thiophene rings is 1. The third kappa shape index (κ3) is 1.75. The Morgan fingerprint density at radius 1 is 0.600 bits per heavy atom. The molecule has 2 heterocycles. The zero-order chi connectivity index (χ0) is 16.4. The Hall–Kier alpha value is -2.97. The summed E-state index contributed by atoms with van der Waals surface area (Å²) in [6.07, 6.45) is 2.05. The van der Waals surface area contributed by atoms with Crippen LogP contribution in [0.5, 0.6) is 0 Å². The summed E-state index contributed by atoms with van der Waals surface area (Å²) in [5, 5.41) is 9.01. The van der Waals surface area contributed by atoms with E-state index in [0.717, 1.165) is 5.52 Å². The van der Waals surface area contributed by atoms with Crippen molar-refractivity contribution in [3.05, 3.63) is 79.0 Å².